The molecule has 5 aromatic carbocycles. The molecule has 176 valence electrons. The van der Waals surface area contributed by atoms with E-state index in [1.54, 1.807) is 12.3 Å². The van der Waals surface area contributed by atoms with Crippen LogP contribution < -0.4 is 11.1 Å². The van der Waals surface area contributed by atoms with Gasteiger partial charge in [-0.1, -0.05) is 103 Å². The summed E-state index contributed by atoms with van der Waals surface area (Å²) in [5, 5.41) is 14.4. The van der Waals surface area contributed by atoms with Crippen LogP contribution in [0.4, 0.5) is 11.4 Å². The summed E-state index contributed by atoms with van der Waals surface area (Å²) >= 11 is 0. The van der Waals surface area contributed by atoms with E-state index < -0.39 is 6.17 Å². The first-order valence-electron chi connectivity index (χ1n) is 11.9. The Morgan fingerprint density at radius 2 is 1.22 bits per heavy atom. The molecule has 0 saturated heterocycles. The third-order valence-corrected chi connectivity index (χ3v) is 6.02. The number of hydrogen-bond donors (Lipinski definition) is 3. The lowest BCUT2D eigenvalue weighted by Crippen LogP contribution is -2.07. The van der Waals surface area contributed by atoms with Crippen molar-refractivity contribution in [1.82, 2.24) is 0 Å². The van der Waals surface area contributed by atoms with Crippen LogP contribution in [0.25, 0.3) is 22.3 Å². The Balaban J connectivity index is 1.41. The molecular formula is C32H27N3O. The number of nitrogens with two attached hydrogens (primary N) is 1. The SMILES string of the molecule is NC(/N=C/c1ccc(Nc2cc(O)c(-c3ccccc3)cc2-c2ccccc2)cc1)c1ccccc1. The number of phenolic OH excluding ortho intramolecular Hbond substituents is 1. The fourth-order valence-electron chi connectivity index (χ4n) is 4.11. The molecule has 0 heterocycles. The Labute approximate surface area is 211 Å². The molecule has 0 aliphatic rings. The van der Waals surface area contributed by atoms with Crippen LogP contribution in [-0.4, -0.2) is 11.3 Å². The summed E-state index contributed by atoms with van der Waals surface area (Å²) in [5.41, 5.74) is 13.7. The molecule has 0 aliphatic heterocycles. The molecule has 4 heteroatoms. The topological polar surface area (TPSA) is 70.6 Å². The average molecular weight is 470 g/mol. The highest BCUT2D eigenvalue weighted by atomic mass is 16.3. The van der Waals surface area contributed by atoms with Crippen LogP contribution in [0.2, 0.25) is 0 Å². The predicted octanol–water partition coefficient (Wildman–Crippen LogP) is 7.55. The molecule has 0 aliphatic carbocycles. The summed E-state index contributed by atoms with van der Waals surface area (Å²) in [6.07, 6.45) is 1.39. The van der Waals surface area contributed by atoms with Crippen molar-refractivity contribution in [2.45, 2.75) is 6.17 Å². The molecule has 5 aromatic rings. The minimum Gasteiger partial charge on any atom is -0.507 e. The maximum Gasteiger partial charge on any atom is 0.125 e. The van der Waals surface area contributed by atoms with Gasteiger partial charge in [0.25, 0.3) is 0 Å². The number of nitrogens with zero attached hydrogens (tertiary/aromatic N) is 1. The highest BCUT2D eigenvalue weighted by molar-refractivity contribution is 5.88. The fraction of sp³-hybridized carbons (Fsp3) is 0.0312. The summed E-state index contributed by atoms with van der Waals surface area (Å²) in [4.78, 5) is 4.48. The molecule has 0 radical (unpaired) electrons. The highest BCUT2D eigenvalue weighted by Gasteiger charge is 2.13. The molecule has 0 fully saturated rings. The summed E-state index contributed by atoms with van der Waals surface area (Å²) in [6.45, 7) is 0. The van der Waals surface area contributed by atoms with Gasteiger partial charge in [-0.15, -0.1) is 0 Å². The van der Waals surface area contributed by atoms with Crippen LogP contribution in [0, 0.1) is 0 Å². The summed E-state index contributed by atoms with van der Waals surface area (Å²) in [6, 6.07) is 41.7. The molecule has 0 aromatic heterocycles. The van der Waals surface area contributed by atoms with Crippen molar-refractivity contribution in [2.24, 2.45) is 10.7 Å². The molecule has 4 nitrogen and oxygen atoms in total. The van der Waals surface area contributed by atoms with Gasteiger partial charge < -0.3 is 16.2 Å². The van der Waals surface area contributed by atoms with Gasteiger partial charge in [0.15, 0.2) is 0 Å². The fourth-order valence-corrected chi connectivity index (χ4v) is 4.11. The smallest absolute Gasteiger partial charge is 0.125 e. The number of benzene rings is 5. The van der Waals surface area contributed by atoms with Gasteiger partial charge in [0.2, 0.25) is 0 Å². The Morgan fingerprint density at radius 3 is 1.83 bits per heavy atom. The molecule has 1 unspecified atom stereocenters. The van der Waals surface area contributed by atoms with Gasteiger partial charge in [-0.3, -0.25) is 4.99 Å². The van der Waals surface area contributed by atoms with Crippen LogP contribution in [0.5, 0.6) is 5.75 Å². The normalized spacial score (nSPS) is 11.9. The third-order valence-electron chi connectivity index (χ3n) is 6.02. The van der Waals surface area contributed by atoms with Crippen molar-refractivity contribution in [2.75, 3.05) is 5.32 Å². The molecule has 0 bridgehead atoms. The number of phenols is 1. The lowest BCUT2D eigenvalue weighted by molar-refractivity contribution is 0.477. The maximum atomic E-state index is 10.9. The summed E-state index contributed by atoms with van der Waals surface area (Å²) in [7, 11) is 0. The largest absolute Gasteiger partial charge is 0.507 e. The van der Waals surface area contributed by atoms with Gasteiger partial charge in [0.05, 0.1) is 5.69 Å². The van der Waals surface area contributed by atoms with E-state index in [0.29, 0.717) is 0 Å². The molecule has 36 heavy (non-hydrogen) atoms. The molecule has 1 atom stereocenters. The van der Waals surface area contributed by atoms with Gasteiger partial charge in [-0.25, -0.2) is 0 Å². The molecule has 0 saturated carbocycles. The van der Waals surface area contributed by atoms with E-state index >= 15 is 0 Å². The van der Waals surface area contributed by atoms with E-state index in [1.165, 1.54) is 0 Å². The van der Waals surface area contributed by atoms with Crippen molar-refractivity contribution in [3.63, 3.8) is 0 Å². The Hall–Kier alpha value is -4.67. The monoisotopic (exact) mass is 469 g/mol. The van der Waals surface area contributed by atoms with E-state index in [1.807, 2.05) is 109 Å². The van der Waals surface area contributed by atoms with Crippen molar-refractivity contribution in [1.29, 1.82) is 0 Å². The highest BCUT2D eigenvalue weighted by Crippen LogP contribution is 2.40. The lowest BCUT2D eigenvalue weighted by Gasteiger charge is -2.16. The Kier molecular flexibility index (Phi) is 6.88. The summed E-state index contributed by atoms with van der Waals surface area (Å²) < 4.78 is 0. The van der Waals surface area contributed by atoms with Gasteiger partial charge in [0.1, 0.15) is 11.9 Å². The van der Waals surface area contributed by atoms with Gasteiger partial charge in [-0.05, 0) is 40.5 Å². The molecular weight excluding hydrogens is 442 g/mol. The first-order chi connectivity index (χ1) is 17.7. The zero-order valence-corrected chi connectivity index (χ0v) is 19.8. The van der Waals surface area contributed by atoms with Crippen molar-refractivity contribution >= 4 is 17.6 Å². The molecule has 0 spiro atoms. The predicted molar refractivity (Wildman–Crippen MR) is 150 cm³/mol. The lowest BCUT2D eigenvalue weighted by atomic mass is 9.96. The van der Waals surface area contributed by atoms with Gasteiger partial charge >= 0.3 is 0 Å². The second kappa shape index (κ2) is 10.7. The number of aliphatic imine (C=N–C) groups is 1. The number of rotatable bonds is 7. The molecule has 0 amide bonds. The number of anilines is 2. The minimum atomic E-state index is -0.400. The van der Waals surface area contributed by atoms with Gasteiger partial charge in [-0.2, -0.15) is 0 Å². The van der Waals surface area contributed by atoms with E-state index in [9.17, 15) is 5.11 Å². The van der Waals surface area contributed by atoms with E-state index in [-0.39, 0.29) is 5.75 Å². The Morgan fingerprint density at radius 1 is 0.667 bits per heavy atom. The van der Waals surface area contributed by atoms with E-state index in [2.05, 4.69) is 22.4 Å². The number of aromatic hydroxyl groups is 1. The first kappa shape index (κ1) is 23.1. The van der Waals surface area contributed by atoms with E-state index in [0.717, 1.165) is 44.8 Å². The van der Waals surface area contributed by atoms with Crippen molar-refractivity contribution < 1.29 is 5.11 Å². The number of nitrogens with one attached hydrogen (secondary N) is 1. The summed E-state index contributed by atoms with van der Waals surface area (Å²) in [5.74, 6) is 0.224. The zero-order chi connectivity index (χ0) is 24.7. The number of hydrogen-bond acceptors (Lipinski definition) is 4. The third kappa shape index (κ3) is 5.35. The van der Waals surface area contributed by atoms with Crippen LogP contribution in [0.15, 0.2) is 132 Å². The van der Waals surface area contributed by atoms with Crippen LogP contribution in [0.3, 0.4) is 0 Å². The molecule has 4 N–H and O–H groups in total. The second-order valence-electron chi connectivity index (χ2n) is 8.53. The van der Waals surface area contributed by atoms with Crippen LogP contribution in [-0.2, 0) is 0 Å². The molecule has 5 rings (SSSR count). The van der Waals surface area contributed by atoms with Crippen LogP contribution in [0.1, 0.15) is 17.3 Å². The first-order valence-corrected chi connectivity index (χ1v) is 11.9. The average Bonchev–Trinajstić information content (AvgIpc) is 2.94. The quantitative estimate of drug-likeness (QED) is 0.216. The van der Waals surface area contributed by atoms with Crippen LogP contribution >= 0.6 is 0 Å². The minimum absolute atomic E-state index is 0.224. The zero-order valence-electron chi connectivity index (χ0n) is 19.8. The maximum absolute atomic E-state index is 10.9. The standard InChI is InChI=1S/C32H27N3O/c33-32(26-14-8-3-9-15-26)34-22-23-16-18-27(19-17-23)35-30-21-31(36)29(25-12-6-2-7-13-25)20-28(30)24-10-4-1-5-11-24/h1-22,32,35-36H,33H2/b34-22+. The van der Waals surface area contributed by atoms with Gasteiger partial charge in [0, 0.05) is 29.1 Å². The van der Waals surface area contributed by atoms with Crippen molar-refractivity contribution in [3.8, 4) is 28.0 Å². The van der Waals surface area contributed by atoms with E-state index in [4.69, 9.17) is 5.73 Å². The van der Waals surface area contributed by atoms with Crippen molar-refractivity contribution in [3.05, 3.63) is 139 Å². The second-order valence-corrected chi connectivity index (χ2v) is 8.53. The Bertz CT molecular complexity index is 1450.